The number of rotatable bonds is 6. The zero-order chi connectivity index (χ0) is 23.0. The highest BCUT2D eigenvalue weighted by atomic mass is 79.9. The number of aromatic nitrogens is 4. The van der Waals surface area contributed by atoms with Crippen LogP contribution in [0, 0.1) is 0 Å². The fraction of sp³-hybridized carbons (Fsp3) is 0.500. The van der Waals surface area contributed by atoms with Crippen LogP contribution >= 0.6 is 40.7 Å². The molecule has 13 heteroatoms. The first kappa shape index (κ1) is 27.9. The van der Waals surface area contributed by atoms with Gasteiger partial charge in [0.1, 0.15) is 0 Å². The Morgan fingerprint density at radius 2 is 1.63 bits per heavy atom. The van der Waals surface area contributed by atoms with Crippen LogP contribution in [0.1, 0.15) is 57.4 Å². The molecule has 2 aliphatic rings. The van der Waals surface area contributed by atoms with E-state index in [1.807, 2.05) is 0 Å². The van der Waals surface area contributed by atoms with E-state index >= 15 is 0 Å². The van der Waals surface area contributed by atoms with Gasteiger partial charge in [0.25, 0.3) is 10.0 Å². The topological polar surface area (TPSA) is 128 Å². The molecule has 2 aromatic heterocycles. The monoisotopic (exact) mass is 605 g/mol. The van der Waals surface area contributed by atoms with Crippen molar-refractivity contribution in [3.8, 4) is 0 Å². The lowest BCUT2D eigenvalue weighted by molar-refractivity contribution is 0.410. The third kappa shape index (κ3) is 6.19. The largest absolute Gasteiger partial charge is 0.351 e. The van der Waals surface area contributed by atoms with E-state index in [2.05, 4.69) is 40.5 Å². The molecule has 9 nitrogen and oxygen atoms in total. The minimum Gasteiger partial charge on any atom is -0.351 e. The van der Waals surface area contributed by atoms with Crippen LogP contribution in [-0.4, -0.2) is 40.0 Å². The van der Waals surface area contributed by atoms with Gasteiger partial charge >= 0.3 is 0 Å². The highest BCUT2D eigenvalue weighted by Crippen LogP contribution is 2.34. The Bertz CT molecular complexity index is 1240. The number of fused-ring (bicyclic) bond motifs is 1. The second-order valence-electron chi connectivity index (χ2n) is 8.97. The molecule has 2 heterocycles. The maximum Gasteiger partial charge on any atom is 0.263 e. The van der Waals surface area contributed by atoms with Crippen molar-refractivity contribution >= 4 is 73.7 Å². The van der Waals surface area contributed by atoms with E-state index in [4.69, 9.17) is 10.7 Å². The Hall–Kier alpha value is -1.66. The van der Waals surface area contributed by atoms with Crippen LogP contribution in [0.5, 0.6) is 0 Å². The fourth-order valence-corrected chi connectivity index (χ4v) is 6.02. The number of sulfonamides is 1. The molecule has 0 bridgehead atoms. The Morgan fingerprint density at radius 3 is 2.29 bits per heavy atom. The van der Waals surface area contributed by atoms with E-state index in [1.165, 1.54) is 12.8 Å². The van der Waals surface area contributed by atoms with Crippen molar-refractivity contribution in [2.75, 3.05) is 10.0 Å². The summed E-state index contributed by atoms with van der Waals surface area (Å²) in [6.07, 6.45) is 10.0. The molecule has 5 rings (SSSR count). The minimum atomic E-state index is -3.84. The molecular formula is C22H30BrCl2N7O2S. The van der Waals surface area contributed by atoms with Gasteiger partial charge in [-0.15, -0.1) is 24.8 Å². The Kier molecular flexibility index (Phi) is 9.25. The van der Waals surface area contributed by atoms with E-state index in [1.54, 1.807) is 30.6 Å². The summed E-state index contributed by atoms with van der Waals surface area (Å²) in [6.45, 7) is 0. The second kappa shape index (κ2) is 11.6. The van der Waals surface area contributed by atoms with Crippen LogP contribution in [0.25, 0.3) is 11.2 Å². The standard InChI is InChI=1S/C22H28BrN7O2S.2ClH/c23-14-5-11-18(12-6-14)33(31,32)29-20-19-21(30(13-25-19)17-3-1-2-4-17)28-22(27-20)26-16-9-7-15(24)8-10-16;;/h5-6,11-13,15-17H,1-4,7-10,24H2,(H2,26,27,28,29);2*1H/t15-,16-;;. The minimum absolute atomic E-state index is 0. The molecule has 0 atom stereocenters. The van der Waals surface area contributed by atoms with Crippen LogP contribution in [0.15, 0.2) is 40.0 Å². The summed E-state index contributed by atoms with van der Waals surface area (Å²) in [6, 6.07) is 7.25. The van der Waals surface area contributed by atoms with Crippen LogP contribution in [0.3, 0.4) is 0 Å². The predicted octanol–water partition coefficient (Wildman–Crippen LogP) is 5.03. The summed E-state index contributed by atoms with van der Waals surface area (Å²) in [4.78, 5) is 14.0. The Labute approximate surface area is 226 Å². The van der Waals surface area contributed by atoms with Crippen LogP contribution in [-0.2, 0) is 10.0 Å². The molecule has 192 valence electrons. The highest BCUT2D eigenvalue weighted by molar-refractivity contribution is 9.10. The van der Waals surface area contributed by atoms with E-state index < -0.39 is 10.0 Å². The number of nitrogens with one attached hydrogen (secondary N) is 2. The fourth-order valence-electron chi connectivity index (χ4n) is 4.75. The van der Waals surface area contributed by atoms with Crippen molar-refractivity contribution in [3.63, 3.8) is 0 Å². The smallest absolute Gasteiger partial charge is 0.263 e. The Morgan fingerprint density at radius 1 is 0.971 bits per heavy atom. The van der Waals surface area contributed by atoms with Gasteiger partial charge in [-0.05, 0) is 62.8 Å². The van der Waals surface area contributed by atoms with Gasteiger partial charge < -0.3 is 15.6 Å². The van der Waals surface area contributed by atoms with Gasteiger partial charge in [0, 0.05) is 22.6 Å². The summed E-state index contributed by atoms with van der Waals surface area (Å²) in [5.41, 5.74) is 7.16. The molecular weight excluding hydrogens is 577 g/mol. The molecule has 0 aliphatic heterocycles. The highest BCUT2D eigenvalue weighted by Gasteiger charge is 2.25. The van der Waals surface area contributed by atoms with Crippen molar-refractivity contribution in [1.82, 2.24) is 19.5 Å². The number of nitrogens with zero attached hydrogens (tertiary/aromatic N) is 4. The maximum atomic E-state index is 13.1. The van der Waals surface area contributed by atoms with E-state index in [-0.39, 0.29) is 47.6 Å². The lowest BCUT2D eigenvalue weighted by atomic mass is 9.92. The third-order valence-electron chi connectivity index (χ3n) is 6.60. The van der Waals surface area contributed by atoms with E-state index in [0.29, 0.717) is 23.2 Å². The van der Waals surface area contributed by atoms with Gasteiger partial charge in [-0.1, -0.05) is 28.8 Å². The first-order chi connectivity index (χ1) is 15.9. The van der Waals surface area contributed by atoms with Gasteiger partial charge in [0.2, 0.25) is 5.95 Å². The first-order valence-corrected chi connectivity index (χ1v) is 13.7. The zero-order valence-electron chi connectivity index (χ0n) is 19.1. The number of hydrogen-bond donors (Lipinski definition) is 3. The molecule has 0 amide bonds. The van der Waals surface area contributed by atoms with Crippen LogP contribution < -0.4 is 15.8 Å². The molecule has 3 aromatic rings. The van der Waals surface area contributed by atoms with Gasteiger partial charge in [0.15, 0.2) is 17.0 Å². The molecule has 35 heavy (non-hydrogen) atoms. The van der Waals surface area contributed by atoms with Crippen molar-refractivity contribution in [3.05, 3.63) is 35.1 Å². The molecule has 0 radical (unpaired) electrons. The molecule has 2 aliphatic carbocycles. The van der Waals surface area contributed by atoms with Crippen molar-refractivity contribution in [2.24, 2.45) is 5.73 Å². The number of imidazole rings is 1. The zero-order valence-corrected chi connectivity index (χ0v) is 23.1. The van der Waals surface area contributed by atoms with Crippen molar-refractivity contribution in [1.29, 1.82) is 0 Å². The van der Waals surface area contributed by atoms with Crippen molar-refractivity contribution in [2.45, 2.75) is 74.4 Å². The number of anilines is 2. The summed E-state index contributed by atoms with van der Waals surface area (Å²) in [7, 11) is -3.84. The Balaban J connectivity index is 0.00000171. The third-order valence-corrected chi connectivity index (χ3v) is 8.48. The normalized spacial score (nSPS) is 20.7. The van der Waals surface area contributed by atoms with E-state index in [0.717, 1.165) is 43.0 Å². The summed E-state index contributed by atoms with van der Waals surface area (Å²) in [5.74, 6) is 0.603. The molecule has 0 spiro atoms. The summed E-state index contributed by atoms with van der Waals surface area (Å²) < 4.78 is 31.7. The second-order valence-corrected chi connectivity index (χ2v) is 11.6. The average molecular weight is 607 g/mol. The molecule has 2 saturated carbocycles. The van der Waals surface area contributed by atoms with Gasteiger partial charge in [-0.25, -0.2) is 13.4 Å². The molecule has 2 fully saturated rings. The van der Waals surface area contributed by atoms with E-state index in [9.17, 15) is 8.42 Å². The summed E-state index contributed by atoms with van der Waals surface area (Å²) >= 11 is 3.34. The molecule has 0 saturated heterocycles. The number of benzene rings is 1. The van der Waals surface area contributed by atoms with Crippen LogP contribution in [0.4, 0.5) is 11.8 Å². The SMILES string of the molecule is Cl.Cl.N[C@H]1CC[C@H](Nc2nc(NS(=O)(=O)c3ccc(Br)cc3)c3ncn(C4CCCC4)c3n2)CC1. The van der Waals surface area contributed by atoms with Gasteiger partial charge in [-0.3, -0.25) is 4.72 Å². The predicted molar refractivity (Wildman–Crippen MR) is 146 cm³/mol. The van der Waals surface area contributed by atoms with Crippen LogP contribution in [0.2, 0.25) is 0 Å². The number of nitrogens with two attached hydrogens (primary N) is 1. The number of halogens is 3. The van der Waals surface area contributed by atoms with Gasteiger partial charge in [-0.2, -0.15) is 9.97 Å². The lowest BCUT2D eigenvalue weighted by Gasteiger charge is -2.27. The number of hydrogen-bond acceptors (Lipinski definition) is 7. The lowest BCUT2D eigenvalue weighted by Crippen LogP contribution is -2.33. The average Bonchev–Trinajstić information content (AvgIpc) is 3.45. The molecule has 0 unspecified atom stereocenters. The van der Waals surface area contributed by atoms with Crippen molar-refractivity contribution < 1.29 is 8.42 Å². The molecule has 1 aromatic carbocycles. The van der Waals surface area contributed by atoms with Gasteiger partial charge in [0.05, 0.1) is 11.2 Å². The summed E-state index contributed by atoms with van der Waals surface area (Å²) in [5, 5.41) is 3.41. The quantitative estimate of drug-likeness (QED) is 0.359. The maximum absolute atomic E-state index is 13.1. The molecule has 4 N–H and O–H groups in total. The first-order valence-electron chi connectivity index (χ1n) is 11.4.